The van der Waals surface area contributed by atoms with Crippen LogP contribution < -0.4 is 4.90 Å². The number of anilines is 1. The molecule has 0 aromatic carbocycles. The molecule has 5 heterocycles. The van der Waals surface area contributed by atoms with Crippen LogP contribution >= 0.6 is 0 Å². The Kier molecular flexibility index (Phi) is 4.95. The normalized spacial score (nSPS) is 23.3. The van der Waals surface area contributed by atoms with Crippen LogP contribution in [-0.2, 0) is 13.6 Å². The summed E-state index contributed by atoms with van der Waals surface area (Å²) in [5.41, 5.74) is 3.60. The van der Waals surface area contributed by atoms with Gasteiger partial charge >= 0.3 is 0 Å². The fraction of sp³-hybridized carbons (Fsp3) is 0.583. The van der Waals surface area contributed by atoms with Crippen LogP contribution in [0.25, 0.3) is 5.65 Å². The minimum absolute atomic E-state index is 0.359. The molecule has 2 aliphatic heterocycles. The first-order valence-corrected chi connectivity index (χ1v) is 11.9. The van der Waals surface area contributed by atoms with Crippen molar-refractivity contribution in [1.29, 1.82) is 0 Å². The molecule has 3 fully saturated rings. The first-order valence-electron chi connectivity index (χ1n) is 11.9. The lowest BCUT2D eigenvalue weighted by molar-refractivity contribution is 0.0640. The maximum absolute atomic E-state index is 5.14. The van der Waals surface area contributed by atoms with Crippen molar-refractivity contribution in [2.45, 2.75) is 38.3 Å². The summed E-state index contributed by atoms with van der Waals surface area (Å²) in [5.74, 6) is 2.19. The lowest BCUT2D eigenvalue weighted by atomic mass is 10.1. The van der Waals surface area contributed by atoms with Gasteiger partial charge in [0, 0.05) is 70.8 Å². The fourth-order valence-electron chi connectivity index (χ4n) is 5.34. The largest absolute Gasteiger partial charge is 0.358 e. The highest BCUT2D eigenvalue weighted by Crippen LogP contribution is 2.35. The maximum atomic E-state index is 5.14. The van der Waals surface area contributed by atoms with Gasteiger partial charge in [0.1, 0.15) is 11.5 Å². The van der Waals surface area contributed by atoms with Crippen molar-refractivity contribution in [1.82, 2.24) is 29.0 Å². The number of hydrogen-bond acceptors (Lipinski definition) is 5. The number of fused-ring (bicyclic) bond motifs is 1. The molecule has 6 rings (SSSR count). The van der Waals surface area contributed by atoms with Crippen LogP contribution in [0, 0.1) is 5.92 Å². The van der Waals surface area contributed by atoms with Crippen LogP contribution in [-0.4, -0.2) is 68.2 Å². The number of hydrogen-bond donors (Lipinski definition) is 0. The molecule has 7 heteroatoms. The van der Waals surface area contributed by atoms with Crippen molar-refractivity contribution in [2.75, 3.05) is 44.2 Å². The summed E-state index contributed by atoms with van der Waals surface area (Å²) in [6.07, 6.45) is 11.8. The predicted molar refractivity (Wildman–Crippen MR) is 122 cm³/mol. The van der Waals surface area contributed by atoms with E-state index in [0.717, 1.165) is 50.8 Å². The zero-order valence-corrected chi connectivity index (χ0v) is 18.5. The molecule has 0 amide bonds. The number of nitrogens with zero attached hydrogens (tertiary/aromatic N) is 7. The molecule has 0 N–H and O–H groups in total. The second kappa shape index (κ2) is 7.95. The third kappa shape index (κ3) is 3.96. The Morgan fingerprint density at radius 3 is 2.68 bits per heavy atom. The van der Waals surface area contributed by atoms with Gasteiger partial charge in [-0.05, 0) is 43.7 Å². The average molecular weight is 420 g/mol. The van der Waals surface area contributed by atoms with Crippen LogP contribution in [0.5, 0.6) is 0 Å². The third-order valence-electron chi connectivity index (χ3n) is 7.19. The van der Waals surface area contributed by atoms with E-state index in [0.29, 0.717) is 6.04 Å². The van der Waals surface area contributed by atoms with E-state index in [1.54, 1.807) is 0 Å². The second-order valence-electron chi connectivity index (χ2n) is 9.68. The summed E-state index contributed by atoms with van der Waals surface area (Å²) < 4.78 is 4.23. The van der Waals surface area contributed by atoms with E-state index < -0.39 is 0 Å². The number of imidazole rings is 1. The van der Waals surface area contributed by atoms with Crippen molar-refractivity contribution in [3.05, 3.63) is 48.0 Å². The molecule has 0 bridgehead atoms. The van der Waals surface area contributed by atoms with Crippen molar-refractivity contribution < 1.29 is 0 Å². The van der Waals surface area contributed by atoms with Gasteiger partial charge in [0.15, 0.2) is 0 Å². The van der Waals surface area contributed by atoms with E-state index >= 15 is 0 Å². The van der Waals surface area contributed by atoms with Crippen molar-refractivity contribution in [2.24, 2.45) is 13.0 Å². The molecule has 3 aliphatic rings. The average Bonchev–Trinajstić information content (AvgIpc) is 3.16. The minimum atomic E-state index is 0.359. The molecule has 1 aliphatic carbocycles. The molecular formula is C24H33N7. The fourth-order valence-corrected chi connectivity index (χ4v) is 5.34. The Morgan fingerprint density at radius 2 is 1.90 bits per heavy atom. The van der Waals surface area contributed by atoms with Crippen molar-refractivity contribution in [3.63, 3.8) is 0 Å². The van der Waals surface area contributed by atoms with Gasteiger partial charge in [-0.1, -0.05) is 6.07 Å². The Bertz CT molecular complexity index is 1040. The van der Waals surface area contributed by atoms with Gasteiger partial charge in [-0.25, -0.2) is 4.98 Å². The van der Waals surface area contributed by atoms with Gasteiger partial charge in [-0.15, -0.1) is 0 Å². The van der Waals surface area contributed by atoms with Crippen LogP contribution in [0.3, 0.4) is 0 Å². The van der Waals surface area contributed by atoms with Gasteiger partial charge in [-0.3, -0.25) is 18.9 Å². The molecule has 31 heavy (non-hydrogen) atoms. The Labute approximate surface area is 184 Å². The summed E-state index contributed by atoms with van der Waals surface area (Å²) in [6, 6.07) is 6.93. The lowest BCUT2D eigenvalue weighted by Crippen LogP contribution is -2.48. The van der Waals surface area contributed by atoms with E-state index in [4.69, 9.17) is 4.98 Å². The molecule has 3 aromatic heterocycles. The molecule has 1 unspecified atom stereocenters. The van der Waals surface area contributed by atoms with Crippen LogP contribution in [0.1, 0.15) is 43.0 Å². The molecule has 1 saturated carbocycles. The number of pyridine rings is 1. The zero-order chi connectivity index (χ0) is 20.8. The lowest BCUT2D eigenvalue weighted by Gasteiger charge is -2.40. The number of aryl methyl sites for hydroxylation is 1. The quantitative estimate of drug-likeness (QED) is 0.615. The van der Waals surface area contributed by atoms with Gasteiger partial charge in [0.05, 0.1) is 17.9 Å². The molecule has 2 saturated heterocycles. The highest BCUT2D eigenvalue weighted by Gasteiger charge is 2.34. The summed E-state index contributed by atoms with van der Waals surface area (Å²) >= 11 is 0. The number of aromatic nitrogens is 4. The first kappa shape index (κ1) is 19.3. The molecule has 1 atom stereocenters. The molecule has 164 valence electrons. The predicted octanol–water partition coefficient (Wildman–Crippen LogP) is 2.94. The smallest absolute Gasteiger partial charge is 0.138 e. The molecule has 0 spiro atoms. The van der Waals surface area contributed by atoms with Crippen LogP contribution in [0.2, 0.25) is 0 Å². The van der Waals surface area contributed by atoms with E-state index in [1.165, 1.54) is 49.3 Å². The van der Waals surface area contributed by atoms with Crippen LogP contribution in [0.15, 0.2) is 36.8 Å². The first-order chi connectivity index (χ1) is 15.2. The molecular weight excluding hydrogens is 386 g/mol. The molecule has 0 radical (unpaired) electrons. The summed E-state index contributed by atoms with van der Waals surface area (Å²) in [5, 5.41) is 4.36. The van der Waals surface area contributed by atoms with Gasteiger partial charge < -0.3 is 4.90 Å². The summed E-state index contributed by atoms with van der Waals surface area (Å²) in [4.78, 5) is 12.9. The Hall–Kier alpha value is -2.38. The SMILES string of the molecule is Cn1cc(CN2CCN(CC3CC3)C(c3cn4c(N5CCCC5)cccc4n3)C2)cn1. The number of piperazine rings is 1. The number of rotatable bonds is 6. The van der Waals surface area contributed by atoms with Crippen LogP contribution in [0.4, 0.5) is 5.82 Å². The van der Waals surface area contributed by atoms with Gasteiger partial charge in [0.25, 0.3) is 0 Å². The highest BCUT2D eigenvalue weighted by atomic mass is 15.3. The monoisotopic (exact) mass is 419 g/mol. The molecule has 3 aromatic rings. The maximum Gasteiger partial charge on any atom is 0.138 e. The third-order valence-corrected chi connectivity index (χ3v) is 7.19. The topological polar surface area (TPSA) is 44.8 Å². The molecule has 7 nitrogen and oxygen atoms in total. The standard InChI is InChI=1S/C24H33N7/c1-27-14-20(13-25-27)15-28-11-12-30(16-19-7-8-19)22(18-28)21-17-31-23(26-21)5-4-6-24(31)29-9-2-3-10-29/h4-6,13-14,17,19,22H,2-3,7-12,15-16,18H2,1H3. The van der Waals surface area contributed by atoms with E-state index in [-0.39, 0.29) is 0 Å². The van der Waals surface area contributed by atoms with E-state index in [1.807, 2.05) is 17.9 Å². The van der Waals surface area contributed by atoms with E-state index in [2.05, 4.69) is 54.8 Å². The van der Waals surface area contributed by atoms with Gasteiger partial charge in [0.2, 0.25) is 0 Å². The van der Waals surface area contributed by atoms with E-state index in [9.17, 15) is 0 Å². The Morgan fingerprint density at radius 1 is 1.03 bits per heavy atom. The Balaban J connectivity index is 1.29. The van der Waals surface area contributed by atoms with Crippen molar-refractivity contribution in [3.8, 4) is 0 Å². The zero-order valence-electron chi connectivity index (χ0n) is 18.5. The summed E-state index contributed by atoms with van der Waals surface area (Å²) in [6.45, 7) is 7.76. The summed E-state index contributed by atoms with van der Waals surface area (Å²) in [7, 11) is 1.99. The van der Waals surface area contributed by atoms with Gasteiger partial charge in [-0.2, -0.15) is 5.10 Å². The minimum Gasteiger partial charge on any atom is -0.358 e. The second-order valence-corrected chi connectivity index (χ2v) is 9.68. The highest BCUT2D eigenvalue weighted by molar-refractivity contribution is 5.53. The van der Waals surface area contributed by atoms with Crippen molar-refractivity contribution >= 4 is 11.5 Å².